The first-order valence-corrected chi connectivity index (χ1v) is 8.30. The monoisotopic (exact) mass is 270 g/mol. The number of imidazole rings is 1. The van der Waals surface area contributed by atoms with Gasteiger partial charge < -0.3 is 9.67 Å². The lowest BCUT2D eigenvalue weighted by atomic mass is 10.00. The van der Waals surface area contributed by atoms with Crippen LogP contribution >= 0.6 is 0 Å². The predicted octanol–water partition coefficient (Wildman–Crippen LogP) is 0.482. The fourth-order valence-corrected chi connectivity index (χ4v) is 4.32. The number of aromatic nitrogens is 2. The standard InChI is InChI=1S/C12H18N2O3S/c15-10-1-2-12-13-11(8-14(12)7-10)9-3-5-18(16,17)6-4-9/h8-10,15H,1-7H2. The maximum absolute atomic E-state index is 11.4. The van der Waals surface area contributed by atoms with Crippen molar-refractivity contribution in [1.29, 1.82) is 0 Å². The van der Waals surface area contributed by atoms with Crippen LogP contribution in [-0.4, -0.2) is 40.7 Å². The van der Waals surface area contributed by atoms with E-state index in [-0.39, 0.29) is 23.5 Å². The van der Waals surface area contributed by atoms with Gasteiger partial charge in [0, 0.05) is 25.1 Å². The van der Waals surface area contributed by atoms with Crippen molar-refractivity contribution in [2.24, 2.45) is 0 Å². The Hall–Kier alpha value is -0.880. The van der Waals surface area contributed by atoms with E-state index < -0.39 is 9.84 Å². The fraction of sp³-hybridized carbons (Fsp3) is 0.750. The van der Waals surface area contributed by atoms with Crippen LogP contribution in [0.3, 0.4) is 0 Å². The number of nitrogens with zero attached hydrogens (tertiary/aromatic N) is 2. The van der Waals surface area contributed by atoms with Crippen molar-refractivity contribution >= 4 is 9.84 Å². The lowest BCUT2D eigenvalue weighted by molar-refractivity contribution is 0.130. The van der Waals surface area contributed by atoms with Crippen LogP contribution in [0.4, 0.5) is 0 Å². The van der Waals surface area contributed by atoms with E-state index >= 15 is 0 Å². The average Bonchev–Trinajstić information content (AvgIpc) is 2.71. The van der Waals surface area contributed by atoms with Gasteiger partial charge in [0.15, 0.2) is 0 Å². The molecular formula is C12H18N2O3S. The number of aliphatic hydroxyl groups is 1. The Labute approximate surface area is 107 Å². The van der Waals surface area contributed by atoms with E-state index in [2.05, 4.69) is 4.98 Å². The summed E-state index contributed by atoms with van der Waals surface area (Å²) in [5.74, 6) is 1.86. The maximum Gasteiger partial charge on any atom is 0.150 e. The second kappa shape index (κ2) is 4.35. The van der Waals surface area contributed by atoms with Gasteiger partial charge in [-0.15, -0.1) is 0 Å². The number of aryl methyl sites for hydroxylation is 1. The normalized spacial score (nSPS) is 27.9. The molecule has 0 aromatic carbocycles. The highest BCUT2D eigenvalue weighted by Crippen LogP contribution is 2.29. The molecule has 2 aliphatic rings. The molecule has 1 N–H and O–H groups in total. The summed E-state index contributed by atoms with van der Waals surface area (Å²) in [4.78, 5) is 4.61. The first-order valence-electron chi connectivity index (χ1n) is 6.48. The van der Waals surface area contributed by atoms with Gasteiger partial charge in [-0.1, -0.05) is 0 Å². The summed E-state index contributed by atoms with van der Waals surface area (Å²) in [6.45, 7) is 0.618. The van der Waals surface area contributed by atoms with Crippen LogP contribution in [0, 0.1) is 0 Å². The van der Waals surface area contributed by atoms with Gasteiger partial charge in [0.05, 0.1) is 23.3 Å². The third kappa shape index (κ3) is 2.31. The van der Waals surface area contributed by atoms with Crippen LogP contribution in [0.1, 0.15) is 36.7 Å². The molecule has 6 heteroatoms. The highest BCUT2D eigenvalue weighted by atomic mass is 32.2. The first kappa shape index (κ1) is 12.2. The van der Waals surface area contributed by atoms with Gasteiger partial charge in [-0.2, -0.15) is 0 Å². The number of rotatable bonds is 1. The van der Waals surface area contributed by atoms with Crippen LogP contribution in [0.2, 0.25) is 0 Å². The van der Waals surface area contributed by atoms with Gasteiger partial charge in [0.1, 0.15) is 15.7 Å². The molecule has 1 fully saturated rings. The van der Waals surface area contributed by atoms with E-state index in [0.29, 0.717) is 19.4 Å². The zero-order chi connectivity index (χ0) is 12.8. The van der Waals surface area contributed by atoms with E-state index in [4.69, 9.17) is 0 Å². The fourth-order valence-electron chi connectivity index (χ4n) is 2.83. The maximum atomic E-state index is 11.4. The molecule has 3 heterocycles. The summed E-state index contributed by atoms with van der Waals surface area (Å²) >= 11 is 0. The zero-order valence-corrected chi connectivity index (χ0v) is 11.1. The summed E-state index contributed by atoms with van der Waals surface area (Å²) in [5.41, 5.74) is 1.01. The molecule has 0 radical (unpaired) electrons. The Morgan fingerprint density at radius 3 is 2.72 bits per heavy atom. The predicted molar refractivity (Wildman–Crippen MR) is 67.2 cm³/mol. The molecule has 0 amide bonds. The van der Waals surface area contributed by atoms with Gasteiger partial charge in [0.25, 0.3) is 0 Å². The van der Waals surface area contributed by atoms with E-state index in [0.717, 1.165) is 24.4 Å². The molecule has 100 valence electrons. The topological polar surface area (TPSA) is 72.2 Å². The summed E-state index contributed by atoms with van der Waals surface area (Å²) in [6.07, 6.45) is 4.68. The second-order valence-electron chi connectivity index (χ2n) is 5.35. The molecule has 0 spiro atoms. The highest BCUT2D eigenvalue weighted by Gasteiger charge is 2.28. The van der Waals surface area contributed by atoms with E-state index in [1.165, 1.54) is 0 Å². The largest absolute Gasteiger partial charge is 0.391 e. The lowest BCUT2D eigenvalue weighted by Crippen LogP contribution is -2.23. The number of sulfone groups is 1. The number of hydrogen-bond donors (Lipinski definition) is 1. The Morgan fingerprint density at radius 1 is 1.28 bits per heavy atom. The van der Waals surface area contributed by atoms with Crippen molar-refractivity contribution in [2.45, 2.75) is 44.2 Å². The van der Waals surface area contributed by atoms with Crippen LogP contribution in [-0.2, 0) is 22.8 Å². The summed E-state index contributed by atoms with van der Waals surface area (Å²) in [5, 5.41) is 9.62. The molecule has 1 saturated heterocycles. The Morgan fingerprint density at radius 2 is 2.00 bits per heavy atom. The SMILES string of the molecule is O=S1(=O)CCC(c2cn3c(n2)CCC(O)C3)CC1. The van der Waals surface area contributed by atoms with Gasteiger partial charge in [-0.05, 0) is 19.3 Å². The average molecular weight is 270 g/mol. The van der Waals surface area contributed by atoms with E-state index in [1.54, 1.807) is 0 Å². The van der Waals surface area contributed by atoms with Crippen molar-refractivity contribution in [3.05, 3.63) is 17.7 Å². The molecule has 2 aliphatic heterocycles. The highest BCUT2D eigenvalue weighted by molar-refractivity contribution is 7.91. The molecule has 1 atom stereocenters. The minimum Gasteiger partial charge on any atom is -0.391 e. The minimum atomic E-state index is -2.81. The number of fused-ring (bicyclic) bond motifs is 1. The molecular weight excluding hydrogens is 252 g/mol. The van der Waals surface area contributed by atoms with Crippen molar-refractivity contribution in [3.8, 4) is 0 Å². The van der Waals surface area contributed by atoms with Crippen LogP contribution in [0.5, 0.6) is 0 Å². The van der Waals surface area contributed by atoms with Crippen LogP contribution in [0.25, 0.3) is 0 Å². The quantitative estimate of drug-likeness (QED) is 0.806. The van der Waals surface area contributed by atoms with E-state index in [9.17, 15) is 13.5 Å². The number of aliphatic hydroxyl groups excluding tert-OH is 1. The van der Waals surface area contributed by atoms with Gasteiger partial charge >= 0.3 is 0 Å². The molecule has 5 nitrogen and oxygen atoms in total. The van der Waals surface area contributed by atoms with Gasteiger partial charge in [-0.3, -0.25) is 0 Å². The number of hydrogen-bond acceptors (Lipinski definition) is 4. The lowest BCUT2D eigenvalue weighted by Gasteiger charge is -2.19. The molecule has 0 saturated carbocycles. The van der Waals surface area contributed by atoms with Gasteiger partial charge in [-0.25, -0.2) is 13.4 Å². The van der Waals surface area contributed by atoms with Crippen molar-refractivity contribution in [3.63, 3.8) is 0 Å². The summed E-state index contributed by atoms with van der Waals surface area (Å²) < 4.78 is 24.8. The zero-order valence-electron chi connectivity index (χ0n) is 10.2. The Bertz CT molecular complexity index is 536. The Kier molecular flexibility index (Phi) is 2.94. The van der Waals surface area contributed by atoms with Crippen LogP contribution < -0.4 is 0 Å². The molecule has 1 aromatic rings. The van der Waals surface area contributed by atoms with E-state index in [1.807, 2.05) is 10.8 Å². The Balaban J connectivity index is 1.78. The summed E-state index contributed by atoms with van der Waals surface area (Å²) in [6, 6.07) is 0. The van der Waals surface area contributed by atoms with Crippen molar-refractivity contribution in [2.75, 3.05) is 11.5 Å². The van der Waals surface area contributed by atoms with Crippen LogP contribution in [0.15, 0.2) is 6.20 Å². The second-order valence-corrected chi connectivity index (χ2v) is 7.66. The first-order chi connectivity index (χ1) is 8.53. The minimum absolute atomic E-state index is 0.267. The molecule has 0 bridgehead atoms. The molecule has 1 aromatic heterocycles. The molecule has 18 heavy (non-hydrogen) atoms. The summed E-state index contributed by atoms with van der Waals surface area (Å²) in [7, 11) is -2.81. The molecule has 0 aliphatic carbocycles. The third-order valence-corrected chi connectivity index (χ3v) is 5.67. The smallest absolute Gasteiger partial charge is 0.150 e. The van der Waals surface area contributed by atoms with Crippen molar-refractivity contribution < 1.29 is 13.5 Å². The van der Waals surface area contributed by atoms with Gasteiger partial charge in [0.2, 0.25) is 0 Å². The third-order valence-electron chi connectivity index (χ3n) is 3.96. The molecule has 3 rings (SSSR count). The van der Waals surface area contributed by atoms with Crippen molar-refractivity contribution in [1.82, 2.24) is 9.55 Å². The molecule has 1 unspecified atom stereocenters.